The van der Waals surface area contributed by atoms with Gasteiger partial charge in [-0.2, -0.15) is 0 Å². The lowest BCUT2D eigenvalue weighted by Crippen LogP contribution is -2.47. The third-order valence-electron chi connectivity index (χ3n) is 6.23. The van der Waals surface area contributed by atoms with Crippen molar-refractivity contribution in [2.24, 2.45) is 0 Å². The van der Waals surface area contributed by atoms with Crippen LogP contribution in [0.15, 0.2) is 23.3 Å². The molecule has 0 unspecified atom stereocenters. The highest BCUT2D eigenvalue weighted by molar-refractivity contribution is 5.95. The zero-order valence-corrected chi connectivity index (χ0v) is 19.5. The molecule has 11 nitrogen and oxygen atoms in total. The minimum absolute atomic E-state index is 0.000807. The average Bonchev–Trinajstić information content (AvgIpc) is 3.30. The van der Waals surface area contributed by atoms with Crippen LogP contribution in [0, 0.1) is 0 Å². The van der Waals surface area contributed by atoms with Crippen LogP contribution in [0.4, 0.5) is 0 Å². The standard InChI is InChI=1S/C23H28O11/c1-11(9-24)20(28)31-15-8-23(5,33-13(3)26)16(27)6-7-22(4)19(34-22)18-17(15)14(21(29)32-18)10-30-12(2)25/h15,18-19,24H,1,6-10H2,2-5H3/t15-,18-,19+,22+,23+/m0/s1. The number of rotatable bonds is 6. The van der Waals surface area contributed by atoms with E-state index in [1.54, 1.807) is 6.92 Å². The van der Waals surface area contributed by atoms with Gasteiger partial charge in [-0.3, -0.25) is 14.4 Å². The van der Waals surface area contributed by atoms with Crippen LogP contribution in [-0.2, 0) is 47.7 Å². The molecule has 0 aromatic rings. The second kappa shape index (κ2) is 9.30. The van der Waals surface area contributed by atoms with E-state index in [-0.39, 0.29) is 36.0 Å². The summed E-state index contributed by atoms with van der Waals surface area (Å²) in [7, 11) is 0. The van der Waals surface area contributed by atoms with Gasteiger partial charge in [-0.05, 0) is 20.3 Å². The maximum atomic E-state index is 13.2. The van der Waals surface area contributed by atoms with Gasteiger partial charge in [0.05, 0.1) is 23.4 Å². The Hall–Kier alpha value is -3.05. The predicted octanol–water partition coefficient (Wildman–Crippen LogP) is 0.464. The highest BCUT2D eigenvalue weighted by atomic mass is 16.7. The molecule has 5 atom stereocenters. The number of esters is 4. The van der Waals surface area contributed by atoms with Crippen LogP contribution in [0.1, 0.15) is 47.0 Å². The first-order valence-electron chi connectivity index (χ1n) is 10.8. The fraction of sp³-hybridized carbons (Fsp3) is 0.609. The maximum absolute atomic E-state index is 13.2. The molecule has 2 aliphatic heterocycles. The van der Waals surface area contributed by atoms with Crippen molar-refractivity contribution in [3.05, 3.63) is 23.3 Å². The Morgan fingerprint density at radius 2 is 1.85 bits per heavy atom. The molecule has 11 heteroatoms. The van der Waals surface area contributed by atoms with E-state index >= 15 is 0 Å². The first kappa shape index (κ1) is 25.6. The van der Waals surface area contributed by atoms with Crippen molar-refractivity contribution >= 4 is 29.7 Å². The Labute approximate surface area is 196 Å². The monoisotopic (exact) mass is 480 g/mol. The molecule has 0 amide bonds. The summed E-state index contributed by atoms with van der Waals surface area (Å²) < 4.78 is 27.3. The normalized spacial score (nSPS) is 32.7. The van der Waals surface area contributed by atoms with Crippen LogP contribution in [0.2, 0.25) is 0 Å². The number of epoxide rings is 1. The second-order valence-electron chi connectivity index (χ2n) is 9.00. The molecular weight excluding hydrogens is 452 g/mol. The number of hydrogen-bond acceptors (Lipinski definition) is 11. The van der Waals surface area contributed by atoms with E-state index in [1.807, 2.05) is 0 Å². The molecule has 0 spiro atoms. The maximum Gasteiger partial charge on any atom is 0.338 e. The molecule has 1 aliphatic carbocycles. The highest BCUT2D eigenvalue weighted by Crippen LogP contribution is 2.50. The number of hydrogen-bond donors (Lipinski definition) is 1. The number of carbonyl (C=O) groups excluding carboxylic acids is 5. The van der Waals surface area contributed by atoms with Crippen molar-refractivity contribution in [1.29, 1.82) is 0 Å². The summed E-state index contributed by atoms with van der Waals surface area (Å²) in [6.07, 6.45) is -3.00. The molecule has 186 valence electrons. The van der Waals surface area contributed by atoms with Crippen molar-refractivity contribution in [3.8, 4) is 0 Å². The summed E-state index contributed by atoms with van der Waals surface area (Å²) in [6, 6.07) is 0. The van der Waals surface area contributed by atoms with Gasteiger partial charge in [-0.25, -0.2) is 9.59 Å². The van der Waals surface area contributed by atoms with Gasteiger partial charge in [0.2, 0.25) is 0 Å². The van der Waals surface area contributed by atoms with Crippen molar-refractivity contribution in [2.45, 2.75) is 76.5 Å². The zero-order valence-electron chi connectivity index (χ0n) is 19.5. The lowest BCUT2D eigenvalue weighted by molar-refractivity contribution is -0.169. The number of aliphatic hydroxyl groups excluding tert-OH is 1. The fourth-order valence-corrected chi connectivity index (χ4v) is 4.30. The quantitative estimate of drug-likeness (QED) is 0.244. The van der Waals surface area contributed by atoms with Gasteiger partial charge in [-0.1, -0.05) is 6.58 Å². The third kappa shape index (κ3) is 5.05. The van der Waals surface area contributed by atoms with Crippen LogP contribution >= 0.6 is 0 Å². The molecule has 0 radical (unpaired) electrons. The number of ketones is 1. The highest BCUT2D eigenvalue weighted by Gasteiger charge is 2.63. The minimum Gasteiger partial charge on any atom is -0.461 e. The van der Waals surface area contributed by atoms with E-state index in [4.69, 9.17) is 23.7 Å². The summed E-state index contributed by atoms with van der Waals surface area (Å²) in [4.78, 5) is 61.8. The summed E-state index contributed by atoms with van der Waals surface area (Å²) in [5, 5.41) is 9.30. The largest absolute Gasteiger partial charge is 0.461 e. The van der Waals surface area contributed by atoms with Crippen molar-refractivity contribution in [3.63, 3.8) is 0 Å². The van der Waals surface area contributed by atoms with Gasteiger partial charge in [0, 0.05) is 32.3 Å². The number of ether oxygens (including phenoxy) is 5. The summed E-state index contributed by atoms with van der Waals surface area (Å²) in [5.41, 5.74) is -2.73. The van der Waals surface area contributed by atoms with Gasteiger partial charge in [0.15, 0.2) is 17.5 Å². The summed E-state index contributed by atoms with van der Waals surface area (Å²) in [5.74, 6) is -3.58. The number of carbonyl (C=O) groups is 5. The van der Waals surface area contributed by atoms with Crippen LogP contribution in [0.3, 0.4) is 0 Å². The second-order valence-corrected chi connectivity index (χ2v) is 9.00. The van der Waals surface area contributed by atoms with Gasteiger partial charge in [-0.15, -0.1) is 0 Å². The topological polar surface area (TPSA) is 155 Å². The first-order valence-corrected chi connectivity index (χ1v) is 10.8. The van der Waals surface area contributed by atoms with E-state index in [9.17, 15) is 29.1 Å². The molecule has 0 bridgehead atoms. The van der Waals surface area contributed by atoms with E-state index in [0.717, 1.165) is 13.8 Å². The van der Waals surface area contributed by atoms with Crippen LogP contribution in [0.5, 0.6) is 0 Å². The number of Topliss-reactive ketones (excluding diaryl/α,β-unsaturated/α-hetero) is 1. The van der Waals surface area contributed by atoms with Gasteiger partial charge < -0.3 is 28.8 Å². The van der Waals surface area contributed by atoms with E-state index < -0.39 is 72.4 Å². The van der Waals surface area contributed by atoms with Crippen LogP contribution in [0.25, 0.3) is 0 Å². The Balaban J connectivity index is 2.14. The third-order valence-corrected chi connectivity index (χ3v) is 6.23. The molecule has 2 fully saturated rings. The smallest absolute Gasteiger partial charge is 0.338 e. The Kier molecular flexibility index (Phi) is 6.99. The lowest BCUT2D eigenvalue weighted by Gasteiger charge is -2.34. The van der Waals surface area contributed by atoms with E-state index in [0.29, 0.717) is 0 Å². The molecule has 3 rings (SSSR count). The molecule has 3 aliphatic rings. The van der Waals surface area contributed by atoms with Crippen molar-refractivity contribution < 1.29 is 52.8 Å². The molecule has 1 saturated carbocycles. The van der Waals surface area contributed by atoms with Gasteiger partial charge in [0.1, 0.15) is 18.8 Å². The Morgan fingerprint density at radius 3 is 2.44 bits per heavy atom. The van der Waals surface area contributed by atoms with E-state index in [1.165, 1.54) is 6.92 Å². The van der Waals surface area contributed by atoms with Crippen molar-refractivity contribution in [1.82, 2.24) is 0 Å². The average molecular weight is 480 g/mol. The number of aliphatic hydroxyl groups is 1. The molecule has 0 aromatic carbocycles. The SMILES string of the molecule is C=C(CO)C(=O)O[C@H]1C[C@@](C)(OC(C)=O)C(=O)CC[C@@]2(C)O[C@@H]2[C@H]2OC(=O)C(COC(C)=O)=C12. The number of fused-ring (bicyclic) bond motifs is 3. The molecule has 34 heavy (non-hydrogen) atoms. The molecule has 0 aromatic heterocycles. The summed E-state index contributed by atoms with van der Waals surface area (Å²) >= 11 is 0. The molecular formula is C23H28O11. The lowest BCUT2D eigenvalue weighted by atomic mass is 9.80. The fourth-order valence-electron chi connectivity index (χ4n) is 4.30. The molecule has 1 saturated heterocycles. The Bertz CT molecular complexity index is 979. The van der Waals surface area contributed by atoms with E-state index in [2.05, 4.69) is 6.58 Å². The first-order chi connectivity index (χ1) is 15.8. The molecule has 2 heterocycles. The van der Waals surface area contributed by atoms with Crippen LogP contribution < -0.4 is 0 Å². The zero-order chi connectivity index (χ0) is 25.4. The van der Waals surface area contributed by atoms with Crippen LogP contribution in [-0.4, -0.2) is 77.5 Å². The molecule has 1 N–H and O–H groups in total. The summed E-state index contributed by atoms with van der Waals surface area (Å²) in [6.45, 7) is 7.74. The van der Waals surface area contributed by atoms with Gasteiger partial charge >= 0.3 is 23.9 Å². The Morgan fingerprint density at radius 1 is 1.18 bits per heavy atom. The van der Waals surface area contributed by atoms with Gasteiger partial charge in [0.25, 0.3) is 0 Å². The predicted molar refractivity (Wildman–Crippen MR) is 112 cm³/mol. The van der Waals surface area contributed by atoms with Crippen molar-refractivity contribution in [2.75, 3.05) is 13.2 Å². The minimum atomic E-state index is -1.72.